The maximum atomic E-state index is 13.7. The summed E-state index contributed by atoms with van der Waals surface area (Å²) in [5.74, 6) is 0.515. The highest BCUT2D eigenvalue weighted by molar-refractivity contribution is 5.89. The molecule has 0 aliphatic carbocycles. The Morgan fingerprint density at radius 3 is 2.52 bits per heavy atom. The predicted octanol–water partition coefficient (Wildman–Crippen LogP) is 3.98. The largest absolute Gasteiger partial charge is 0.351 e. The van der Waals surface area contributed by atoms with Crippen LogP contribution in [0.15, 0.2) is 66.9 Å². The van der Waals surface area contributed by atoms with Crippen LogP contribution in [0.2, 0.25) is 0 Å². The van der Waals surface area contributed by atoms with Gasteiger partial charge in [-0.2, -0.15) is 0 Å². The molecule has 0 spiro atoms. The van der Waals surface area contributed by atoms with E-state index in [0.717, 1.165) is 22.5 Å². The van der Waals surface area contributed by atoms with Crippen molar-refractivity contribution in [1.82, 2.24) is 14.3 Å². The fraction of sp³-hybridized carbons (Fsp3) is 0.182. The van der Waals surface area contributed by atoms with Crippen molar-refractivity contribution in [1.29, 1.82) is 0 Å². The summed E-state index contributed by atoms with van der Waals surface area (Å²) in [5.41, 5.74) is 3.25. The molecule has 0 radical (unpaired) electrons. The Hall–Kier alpha value is -3.61. The third kappa shape index (κ3) is 3.24. The number of carbonyl (C=O) groups excluding carboxylic acids is 1. The highest BCUT2D eigenvalue weighted by Crippen LogP contribution is 2.26. The van der Waals surface area contributed by atoms with Gasteiger partial charge < -0.3 is 19.5 Å². The van der Waals surface area contributed by atoms with E-state index in [2.05, 4.69) is 10.2 Å². The quantitative estimate of drug-likeness (QED) is 0.564. The first-order chi connectivity index (χ1) is 14.2. The molecule has 29 heavy (non-hydrogen) atoms. The zero-order valence-electron chi connectivity index (χ0n) is 15.8. The Bertz CT molecular complexity index is 1180. The van der Waals surface area contributed by atoms with Crippen molar-refractivity contribution in [3.05, 3.63) is 72.7 Å². The maximum Gasteiger partial charge on any atom is 0.321 e. The molecule has 0 unspecified atom stereocenters. The number of nitrogens with one attached hydrogen (secondary N) is 1. The highest BCUT2D eigenvalue weighted by atomic mass is 19.1. The van der Waals surface area contributed by atoms with Crippen molar-refractivity contribution in [2.24, 2.45) is 0 Å². The minimum Gasteiger partial charge on any atom is -0.351 e. The molecule has 1 saturated heterocycles. The first-order valence-electron chi connectivity index (χ1n) is 9.61. The van der Waals surface area contributed by atoms with Crippen LogP contribution < -0.4 is 10.2 Å². The molecule has 0 bridgehead atoms. The van der Waals surface area contributed by atoms with Gasteiger partial charge in [-0.3, -0.25) is 0 Å². The van der Waals surface area contributed by atoms with E-state index in [9.17, 15) is 9.18 Å². The number of benzene rings is 2. The predicted molar refractivity (Wildman–Crippen MR) is 112 cm³/mol. The Morgan fingerprint density at radius 2 is 1.72 bits per heavy atom. The van der Waals surface area contributed by atoms with Crippen molar-refractivity contribution in [2.75, 3.05) is 36.4 Å². The molecular weight excluding hydrogens is 369 g/mol. The molecule has 2 aromatic carbocycles. The van der Waals surface area contributed by atoms with Crippen LogP contribution in [0, 0.1) is 5.82 Å². The molecule has 2 amide bonds. The topological polar surface area (TPSA) is 52.9 Å². The van der Waals surface area contributed by atoms with Gasteiger partial charge in [0.2, 0.25) is 0 Å². The van der Waals surface area contributed by atoms with Crippen LogP contribution in [-0.4, -0.2) is 46.5 Å². The molecule has 1 fully saturated rings. The van der Waals surface area contributed by atoms with Crippen molar-refractivity contribution >= 4 is 34.1 Å². The molecule has 146 valence electrons. The van der Waals surface area contributed by atoms with Crippen LogP contribution in [0.5, 0.6) is 0 Å². The number of anilines is 2. The lowest BCUT2D eigenvalue weighted by Crippen LogP contribution is -2.50. The normalized spacial score (nSPS) is 14.5. The van der Waals surface area contributed by atoms with Crippen LogP contribution in [0.3, 0.4) is 0 Å². The first kappa shape index (κ1) is 17.5. The van der Waals surface area contributed by atoms with Crippen LogP contribution in [0.25, 0.3) is 16.6 Å². The molecule has 6 nitrogen and oxygen atoms in total. The van der Waals surface area contributed by atoms with Gasteiger partial charge in [0.1, 0.15) is 5.82 Å². The number of carbonyl (C=O) groups is 1. The molecule has 0 atom stereocenters. The van der Waals surface area contributed by atoms with Gasteiger partial charge in [-0.1, -0.05) is 18.2 Å². The van der Waals surface area contributed by atoms with E-state index in [4.69, 9.17) is 4.98 Å². The van der Waals surface area contributed by atoms with Crippen molar-refractivity contribution in [3.8, 4) is 0 Å². The van der Waals surface area contributed by atoms with Crippen LogP contribution in [-0.2, 0) is 0 Å². The number of para-hydroxylation sites is 1. The molecule has 4 aromatic rings. The van der Waals surface area contributed by atoms with Crippen molar-refractivity contribution < 1.29 is 9.18 Å². The molecule has 2 aromatic heterocycles. The van der Waals surface area contributed by atoms with E-state index in [1.54, 1.807) is 11.0 Å². The second-order valence-corrected chi connectivity index (χ2v) is 7.10. The van der Waals surface area contributed by atoms with Gasteiger partial charge >= 0.3 is 6.03 Å². The van der Waals surface area contributed by atoms with E-state index in [1.807, 2.05) is 53.1 Å². The second-order valence-electron chi connectivity index (χ2n) is 7.10. The molecule has 7 heteroatoms. The lowest BCUT2D eigenvalue weighted by molar-refractivity contribution is 0.208. The Kier molecular flexibility index (Phi) is 4.27. The summed E-state index contributed by atoms with van der Waals surface area (Å²) in [6.07, 6.45) is 1.96. The maximum absolute atomic E-state index is 13.7. The fourth-order valence-corrected chi connectivity index (χ4v) is 3.81. The van der Waals surface area contributed by atoms with E-state index >= 15 is 0 Å². The van der Waals surface area contributed by atoms with E-state index in [-0.39, 0.29) is 11.8 Å². The molecule has 1 N–H and O–H groups in total. The standard InChI is InChI=1S/C22H20FN5O/c23-16-8-9-19-18(15-16)25-21(20-7-4-10-28(19)20)26-11-13-27(14-12-26)22(29)24-17-5-2-1-3-6-17/h1-10,15H,11-14H2,(H,24,29). The monoisotopic (exact) mass is 389 g/mol. The number of fused-ring (bicyclic) bond motifs is 3. The summed E-state index contributed by atoms with van der Waals surface area (Å²) < 4.78 is 15.8. The van der Waals surface area contributed by atoms with Crippen LogP contribution >= 0.6 is 0 Å². The third-order valence-corrected chi connectivity index (χ3v) is 5.29. The zero-order chi connectivity index (χ0) is 19.8. The van der Waals surface area contributed by atoms with Crippen molar-refractivity contribution in [2.45, 2.75) is 0 Å². The molecule has 5 rings (SSSR count). The van der Waals surface area contributed by atoms with Gasteiger partial charge in [-0.05, 0) is 36.4 Å². The minimum atomic E-state index is -0.301. The molecule has 1 aliphatic rings. The number of piperazine rings is 1. The summed E-state index contributed by atoms with van der Waals surface area (Å²) in [7, 11) is 0. The van der Waals surface area contributed by atoms with Gasteiger partial charge in [-0.25, -0.2) is 14.2 Å². The molecule has 0 saturated carbocycles. The van der Waals surface area contributed by atoms with Gasteiger partial charge in [0.25, 0.3) is 0 Å². The number of hydrogen-bond donors (Lipinski definition) is 1. The number of amides is 2. The Morgan fingerprint density at radius 1 is 0.931 bits per heavy atom. The van der Waals surface area contributed by atoms with Crippen LogP contribution in [0.1, 0.15) is 0 Å². The Labute approximate surface area is 167 Å². The number of nitrogens with zero attached hydrogens (tertiary/aromatic N) is 4. The number of rotatable bonds is 2. The first-order valence-corrected chi connectivity index (χ1v) is 9.61. The summed E-state index contributed by atoms with van der Waals surface area (Å²) in [6, 6.07) is 18.0. The smallest absolute Gasteiger partial charge is 0.321 e. The third-order valence-electron chi connectivity index (χ3n) is 5.29. The molecule has 1 aliphatic heterocycles. The van der Waals surface area contributed by atoms with Crippen LogP contribution in [0.4, 0.5) is 20.7 Å². The van der Waals surface area contributed by atoms with E-state index in [1.165, 1.54) is 12.1 Å². The van der Waals surface area contributed by atoms with Crippen molar-refractivity contribution in [3.63, 3.8) is 0 Å². The summed E-state index contributed by atoms with van der Waals surface area (Å²) >= 11 is 0. The highest BCUT2D eigenvalue weighted by Gasteiger charge is 2.24. The number of urea groups is 1. The molecular formula is C22H20FN5O. The second kappa shape index (κ2) is 7.09. The minimum absolute atomic E-state index is 0.0998. The zero-order valence-corrected chi connectivity index (χ0v) is 15.8. The molecule has 3 heterocycles. The van der Waals surface area contributed by atoms with Gasteiger partial charge in [0, 0.05) is 44.1 Å². The number of halogens is 1. The lowest BCUT2D eigenvalue weighted by Gasteiger charge is -2.35. The average molecular weight is 389 g/mol. The average Bonchev–Trinajstić information content (AvgIpc) is 3.24. The summed E-state index contributed by atoms with van der Waals surface area (Å²) in [4.78, 5) is 21.2. The number of hydrogen-bond acceptors (Lipinski definition) is 3. The van der Waals surface area contributed by atoms with Gasteiger partial charge in [0.05, 0.1) is 16.6 Å². The summed E-state index contributed by atoms with van der Waals surface area (Å²) in [5, 5.41) is 2.93. The summed E-state index contributed by atoms with van der Waals surface area (Å²) in [6.45, 7) is 2.51. The Balaban J connectivity index is 1.37. The lowest BCUT2D eigenvalue weighted by atomic mass is 10.2. The number of aromatic nitrogens is 2. The van der Waals surface area contributed by atoms with E-state index in [0.29, 0.717) is 31.7 Å². The fourth-order valence-electron chi connectivity index (χ4n) is 3.81. The van der Waals surface area contributed by atoms with Gasteiger partial charge in [-0.15, -0.1) is 0 Å². The van der Waals surface area contributed by atoms with Gasteiger partial charge in [0.15, 0.2) is 5.82 Å². The SMILES string of the molecule is O=C(Nc1ccccc1)N1CCN(c2nc3cc(F)ccc3n3cccc23)CC1. The van der Waals surface area contributed by atoms with E-state index < -0.39 is 0 Å².